The molecular weight excluding hydrogens is 231 g/mol. The summed E-state index contributed by atoms with van der Waals surface area (Å²) >= 11 is 0. The summed E-state index contributed by atoms with van der Waals surface area (Å²) in [5.74, 6) is 5.76. The van der Waals surface area contributed by atoms with Crippen molar-refractivity contribution in [2.24, 2.45) is 11.8 Å². The molecule has 0 bridgehead atoms. The SMILES string of the molecule is COC(C(C)C)C(Cc1ccc(F)cc1C)NN. The van der Waals surface area contributed by atoms with E-state index in [-0.39, 0.29) is 18.0 Å². The summed E-state index contributed by atoms with van der Waals surface area (Å²) in [5.41, 5.74) is 4.83. The standard InChI is InChI=1S/C14H23FN2O/c1-9(2)14(18-4)13(17-16)8-11-5-6-12(15)7-10(11)3/h5-7,9,13-14,17H,8,16H2,1-4H3. The van der Waals surface area contributed by atoms with Crippen molar-refractivity contribution in [1.82, 2.24) is 5.43 Å². The molecule has 2 unspecified atom stereocenters. The molecule has 3 nitrogen and oxygen atoms in total. The molecule has 0 heterocycles. The monoisotopic (exact) mass is 254 g/mol. The fraction of sp³-hybridized carbons (Fsp3) is 0.571. The van der Waals surface area contributed by atoms with E-state index in [1.165, 1.54) is 6.07 Å². The van der Waals surface area contributed by atoms with E-state index in [0.29, 0.717) is 5.92 Å². The van der Waals surface area contributed by atoms with Crippen molar-refractivity contribution in [3.8, 4) is 0 Å². The van der Waals surface area contributed by atoms with Crippen molar-refractivity contribution in [3.05, 3.63) is 35.1 Å². The molecule has 0 saturated heterocycles. The molecule has 4 heteroatoms. The van der Waals surface area contributed by atoms with Gasteiger partial charge < -0.3 is 4.74 Å². The van der Waals surface area contributed by atoms with Gasteiger partial charge in [-0.25, -0.2) is 4.39 Å². The summed E-state index contributed by atoms with van der Waals surface area (Å²) in [4.78, 5) is 0. The van der Waals surface area contributed by atoms with E-state index in [4.69, 9.17) is 10.6 Å². The second kappa shape index (κ2) is 6.83. The Bertz CT molecular complexity index is 382. The average molecular weight is 254 g/mol. The van der Waals surface area contributed by atoms with Crippen LogP contribution in [0, 0.1) is 18.7 Å². The third-order valence-corrected chi connectivity index (χ3v) is 3.28. The number of halogens is 1. The van der Waals surface area contributed by atoms with Crippen LogP contribution in [0.4, 0.5) is 4.39 Å². The number of rotatable bonds is 6. The van der Waals surface area contributed by atoms with E-state index >= 15 is 0 Å². The molecule has 2 atom stereocenters. The lowest BCUT2D eigenvalue weighted by Gasteiger charge is -2.29. The molecule has 0 aliphatic carbocycles. The first-order valence-electron chi connectivity index (χ1n) is 6.23. The van der Waals surface area contributed by atoms with Crippen LogP contribution < -0.4 is 11.3 Å². The number of hydrogen-bond acceptors (Lipinski definition) is 3. The molecule has 1 aromatic rings. The summed E-state index contributed by atoms with van der Waals surface area (Å²) in [5, 5.41) is 0. The topological polar surface area (TPSA) is 47.3 Å². The smallest absolute Gasteiger partial charge is 0.123 e. The molecule has 18 heavy (non-hydrogen) atoms. The Morgan fingerprint density at radius 1 is 1.39 bits per heavy atom. The predicted molar refractivity (Wildman–Crippen MR) is 71.6 cm³/mol. The van der Waals surface area contributed by atoms with E-state index in [2.05, 4.69) is 19.3 Å². The summed E-state index contributed by atoms with van der Waals surface area (Å²) < 4.78 is 18.5. The highest BCUT2D eigenvalue weighted by atomic mass is 19.1. The second-order valence-corrected chi connectivity index (χ2v) is 4.99. The van der Waals surface area contributed by atoms with Crippen LogP contribution in [0.5, 0.6) is 0 Å². The maximum Gasteiger partial charge on any atom is 0.123 e. The largest absolute Gasteiger partial charge is 0.380 e. The Morgan fingerprint density at radius 2 is 2.06 bits per heavy atom. The van der Waals surface area contributed by atoms with Crippen LogP contribution in [0.25, 0.3) is 0 Å². The minimum Gasteiger partial charge on any atom is -0.380 e. The maximum atomic E-state index is 13.1. The predicted octanol–water partition coefficient (Wildman–Crippen LogP) is 2.18. The van der Waals surface area contributed by atoms with Gasteiger partial charge in [0.1, 0.15) is 5.82 Å². The number of nitrogens with two attached hydrogens (primary N) is 1. The van der Waals surface area contributed by atoms with Gasteiger partial charge in [0.05, 0.1) is 12.1 Å². The van der Waals surface area contributed by atoms with Crippen LogP contribution in [-0.2, 0) is 11.2 Å². The number of hydrazine groups is 1. The quantitative estimate of drug-likeness (QED) is 0.604. The molecule has 0 aliphatic heterocycles. The van der Waals surface area contributed by atoms with Crippen LogP contribution in [0.3, 0.4) is 0 Å². The number of ether oxygens (including phenoxy) is 1. The highest BCUT2D eigenvalue weighted by molar-refractivity contribution is 5.27. The van der Waals surface area contributed by atoms with Crippen LogP contribution in [0.15, 0.2) is 18.2 Å². The van der Waals surface area contributed by atoms with Gasteiger partial charge in [0, 0.05) is 7.11 Å². The highest BCUT2D eigenvalue weighted by Crippen LogP contribution is 2.17. The van der Waals surface area contributed by atoms with Gasteiger partial charge in [0.25, 0.3) is 0 Å². The summed E-state index contributed by atoms with van der Waals surface area (Å²) in [6.45, 7) is 6.09. The number of hydrogen-bond donors (Lipinski definition) is 2. The van der Waals surface area contributed by atoms with Gasteiger partial charge >= 0.3 is 0 Å². The van der Waals surface area contributed by atoms with Crippen molar-refractivity contribution < 1.29 is 9.13 Å². The molecule has 0 aliphatic rings. The van der Waals surface area contributed by atoms with E-state index in [1.807, 2.05) is 13.0 Å². The summed E-state index contributed by atoms with van der Waals surface area (Å²) in [6.07, 6.45) is 0.749. The average Bonchev–Trinajstić information content (AvgIpc) is 2.31. The third-order valence-electron chi connectivity index (χ3n) is 3.28. The Morgan fingerprint density at radius 3 is 2.50 bits per heavy atom. The molecule has 0 radical (unpaired) electrons. The van der Waals surface area contributed by atoms with E-state index in [1.54, 1.807) is 13.2 Å². The second-order valence-electron chi connectivity index (χ2n) is 4.99. The minimum atomic E-state index is -0.208. The fourth-order valence-corrected chi connectivity index (χ4v) is 2.30. The zero-order chi connectivity index (χ0) is 13.7. The number of aryl methyl sites for hydroxylation is 1. The van der Waals surface area contributed by atoms with Crippen LogP contribution in [-0.4, -0.2) is 19.3 Å². The van der Waals surface area contributed by atoms with Crippen LogP contribution >= 0.6 is 0 Å². The normalized spacial score (nSPS) is 14.8. The molecular formula is C14H23FN2O. The third kappa shape index (κ3) is 3.77. The van der Waals surface area contributed by atoms with Gasteiger partial charge in [-0.2, -0.15) is 0 Å². The van der Waals surface area contributed by atoms with Gasteiger partial charge in [-0.3, -0.25) is 11.3 Å². The van der Waals surface area contributed by atoms with Crippen molar-refractivity contribution >= 4 is 0 Å². The highest BCUT2D eigenvalue weighted by Gasteiger charge is 2.24. The molecule has 3 N–H and O–H groups in total. The summed E-state index contributed by atoms with van der Waals surface area (Å²) in [6, 6.07) is 4.84. The molecule has 1 aromatic carbocycles. The van der Waals surface area contributed by atoms with Gasteiger partial charge in [0.2, 0.25) is 0 Å². The lowest BCUT2D eigenvalue weighted by molar-refractivity contribution is 0.0332. The lowest BCUT2D eigenvalue weighted by Crippen LogP contribution is -2.48. The first-order chi connectivity index (χ1) is 8.49. The van der Waals surface area contributed by atoms with Crippen LogP contribution in [0.1, 0.15) is 25.0 Å². The molecule has 0 fully saturated rings. The van der Waals surface area contributed by atoms with Crippen molar-refractivity contribution in [2.45, 2.75) is 39.3 Å². The molecule has 102 valence electrons. The van der Waals surface area contributed by atoms with Gasteiger partial charge in [-0.15, -0.1) is 0 Å². The lowest BCUT2D eigenvalue weighted by atomic mass is 9.92. The summed E-state index contributed by atoms with van der Waals surface area (Å²) in [7, 11) is 1.69. The Labute approximate surface area is 108 Å². The van der Waals surface area contributed by atoms with E-state index in [0.717, 1.165) is 17.5 Å². The molecule has 0 aromatic heterocycles. The number of benzene rings is 1. The first kappa shape index (κ1) is 15.1. The Hall–Kier alpha value is -0.970. The van der Waals surface area contributed by atoms with Crippen LogP contribution in [0.2, 0.25) is 0 Å². The molecule has 0 amide bonds. The molecule has 0 saturated carbocycles. The Balaban J connectivity index is 2.85. The molecule has 1 rings (SSSR count). The van der Waals surface area contributed by atoms with Gasteiger partial charge in [0.15, 0.2) is 0 Å². The fourth-order valence-electron chi connectivity index (χ4n) is 2.30. The number of methoxy groups -OCH3 is 1. The van der Waals surface area contributed by atoms with Crippen molar-refractivity contribution in [1.29, 1.82) is 0 Å². The maximum absolute atomic E-state index is 13.1. The first-order valence-corrected chi connectivity index (χ1v) is 6.23. The van der Waals surface area contributed by atoms with E-state index in [9.17, 15) is 4.39 Å². The van der Waals surface area contributed by atoms with Gasteiger partial charge in [-0.05, 0) is 42.5 Å². The number of nitrogens with one attached hydrogen (secondary N) is 1. The zero-order valence-corrected chi connectivity index (χ0v) is 11.5. The zero-order valence-electron chi connectivity index (χ0n) is 11.5. The van der Waals surface area contributed by atoms with Gasteiger partial charge in [-0.1, -0.05) is 19.9 Å². The molecule has 0 spiro atoms. The van der Waals surface area contributed by atoms with Crippen molar-refractivity contribution in [3.63, 3.8) is 0 Å². The Kier molecular flexibility index (Phi) is 5.72. The van der Waals surface area contributed by atoms with Crippen molar-refractivity contribution in [2.75, 3.05) is 7.11 Å². The van der Waals surface area contributed by atoms with E-state index < -0.39 is 0 Å². The minimum absolute atomic E-state index is 0.0131.